The normalized spacial score (nSPS) is 12.6. The lowest BCUT2D eigenvalue weighted by Gasteiger charge is -2.16. The lowest BCUT2D eigenvalue weighted by molar-refractivity contribution is 0.515. The third-order valence-electron chi connectivity index (χ3n) is 2.80. The summed E-state index contributed by atoms with van der Waals surface area (Å²) < 4.78 is 1.74. The number of hydrogen-bond acceptors (Lipinski definition) is 4. The van der Waals surface area contributed by atoms with Gasteiger partial charge in [0.05, 0.1) is 5.69 Å². The second kappa shape index (κ2) is 6.26. The van der Waals surface area contributed by atoms with Gasteiger partial charge in [-0.3, -0.25) is 9.67 Å². The van der Waals surface area contributed by atoms with Crippen molar-refractivity contribution in [2.75, 3.05) is 6.54 Å². The van der Waals surface area contributed by atoms with Crippen LogP contribution in [0, 0.1) is 0 Å². The zero-order valence-corrected chi connectivity index (χ0v) is 10.9. The van der Waals surface area contributed by atoms with Gasteiger partial charge in [-0.15, -0.1) is 5.10 Å². The summed E-state index contributed by atoms with van der Waals surface area (Å²) in [5, 5.41) is 11.6. The lowest BCUT2D eigenvalue weighted by Crippen LogP contribution is -2.33. The van der Waals surface area contributed by atoms with E-state index in [-0.39, 0.29) is 0 Å². The van der Waals surface area contributed by atoms with Crippen molar-refractivity contribution in [3.05, 3.63) is 42.0 Å². The number of likely N-dealkylation sites (N-methyl/N-ethyl adjacent to an activating group) is 1. The van der Waals surface area contributed by atoms with Gasteiger partial charge in [0.15, 0.2) is 0 Å². The topological polar surface area (TPSA) is 55.6 Å². The second-order valence-corrected chi connectivity index (χ2v) is 4.41. The Morgan fingerprint density at radius 2 is 2.28 bits per heavy atom. The van der Waals surface area contributed by atoms with E-state index in [0.717, 1.165) is 25.1 Å². The van der Waals surface area contributed by atoms with E-state index in [9.17, 15) is 0 Å². The van der Waals surface area contributed by atoms with Gasteiger partial charge in [0.25, 0.3) is 0 Å². The molecule has 2 heterocycles. The second-order valence-electron chi connectivity index (χ2n) is 4.41. The van der Waals surface area contributed by atoms with Gasteiger partial charge in [0, 0.05) is 38.1 Å². The fraction of sp³-hybridized carbons (Fsp3) is 0.462. The van der Waals surface area contributed by atoms with Gasteiger partial charge < -0.3 is 5.32 Å². The predicted octanol–water partition coefficient (Wildman–Crippen LogP) is 0.973. The third-order valence-corrected chi connectivity index (χ3v) is 2.80. The first kappa shape index (κ1) is 12.7. The van der Waals surface area contributed by atoms with E-state index in [0.29, 0.717) is 6.04 Å². The van der Waals surface area contributed by atoms with Crippen LogP contribution in [0.4, 0.5) is 0 Å². The molecule has 0 fully saturated rings. The minimum Gasteiger partial charge on any atom is -0.314 e. The van der Waals surface area contributed by atoms with Crippen molar-refractivity contribution in [3.63, 3.8) is 0 Å². The van der Waals surface area contributed by atoms with E-state index in [2.05, 4.69) is 33.6 Å². The van der Waals surface area contributed by atoms with Crippen LogP contribution in [0.15, 0.2) is 30.7 Å². The lowest BCUT2D eigenvalue weighted by atomic mass is 10.0. The molecule has 1 N–H and O–H groups in total. The first-order valence-corrected chi connectivity index (χ1v) is 6.25. The first-order chi connectivity index (χ1) is 8.78. The van der Waals surface area contributed by atoms with Crippen molar-refractivity contribution in [3.8, 4) is 0 Å². The van der Waals surface area contributed by atoms with Crippen molar-refractivity contribution in [2.45, 2.75) is 25.8 Å². The third kappa shape index (κ3) is 3.63. The SMILES string of the molecule is CCNC(Cc1cccnc1)Cc1cn(C)nn1. The Balaban J connectivity index is 1.99. The van der Waals surface area contributed by atoms with Crippen molar-refractivity contribution < 1.29 is 0 Å². The molecule has 2 aromatic rings. The highest BCUT2D eigenvalue weighted by Crippen LogP contribution is 2.06. The van der Waals surface area contributed by atoms with E-state index in [1.807, 2.05) is 25.5 Å². The van der Waals surface area contributed by atoms with Crippen LogP contribution in [-0.4, -0.2) is 32.6 Å². The van der Waals surface area contributed by atoms with Crippen LogP contribution in [0.3, 0.4) is 0 Å². The fourth-order valence-electron chi connectivity index (χ4n) is 2.05. The smallest absolute Gasteiger partial charge is 0.0842 e. The molecule has 2 aromatic heterocycles. The van der Waals surface area contributed by atoms with Crippen LogP contribution in [-0.2, 0) is 19.9 Å². The zero-order chi connectivity index (χ0) is 12.8. The Kier molecular flexibility index (Phi) is 4.41. The number of hydrogen-bond donors (Lipinski definition) is 1. The Morgan fingerprint density at radius 1 is 1.39 bits per heavy atom. The summed E-state index contributed by atoms with van der Waals surface area (Å²) in [4.78, 5) is 4.15. The van der Waals surface area contributed by atoms with Crippen molar-refractivity contribution in [1.29, 1.82) is 0 Å². The Bertz CT molecular complexity index is 465. The van der Waals surface area contributed by atoms with Crippen molar-refractivity contribution in [1.82, 2.24) is 25.3 Å². The van der Waals surface area contributed by atoms with Crippen LogP contribution in [0.1, 0.15) is 18.2 Å². The van der Waals surface area contributed by atoms with Gasteiger partial charge in [-0.2, -0.15) is 0 Å². The molecule has 1 atom stereocenters. The van der Waals surface area contributed by atoms with Crippen LogP contribution in [0.25, 0.3) is 0 Å². The molecule has 96 valence electrons. The van der Waals surface area contributed by atoms with E-state index < -0.39 is 0 Å². The monoisotopic (exact) mass is 245 g/mol. The van der Waals surface area contributed by atoms with Gasteiger partial charge in [-0.25, -0.2) is 0 Å². The average molecular weight is 245 g/mol. The molecule has 0 amide bonds. The van der Waals surface area contributed by atoms with Gasteiger partial charge in [0.1, 0.15) is 0 Å². The Labute approximate surface area is 107 Å². The molecule has 0 aliphatic carbocycles. The molecule has 5 heteroatoms. The maximum atomic E-state index is 4.15. The maximum Gasteiger partial charge on any atom is 0.0842 e. The summed E-state index contributed by atoms with van der Waals surface area (Å²) in [5.74, 6) is 0. The maximum absolute atomic E-state index is 4.15. The summed E-state index contributed by atoms with van der Waals surface area (Å²) >= 11 is 0. The molecule has 5 nitrogen and oxygen atoms in total. The van der Waals surface area contributed by atoms with Gasteiger partial charge in [-0.1, -0.05) is 18.2 Å². The number of nitrogens with one attached hydrogen (secondary N) is 1. The molecule has 0 aliphatic heterocycles. The number of nitrogens with zero attached hydrogens (tertiary/aromatic N) is 4. The standard InChI is InChI=1S/C13H19N5/c1-3-15-12(7-11-5-4-6-14-9-11)8-13-10-18(2)17-16-13/h4-6,9-10,12,15H,3,7-8H2,1-2H3. The summed E-state index contributed by atoms with van der Waals surface area (Å²) in [7, 11) is 1.89. The highest BCUT2D eigenvalue weighted by atomic mass is 15.4. The van der Waals surface area contributed by atoms with Crippen molar-refractivity contribution >= 4 is 0 Å². The van der Waals surface area contributed by atoms with Crippen LogP contribution in [0.2, 0.25) is 0 Å². The molecule has 18 heavy (non-hydrogen) atoms. The molecule has 2 rings (SSSR count). The predicted molar refractivity (Wildman–Crippen MR) is 70.1 cm³/mol. The Hall–Kier alpha value is -1.75. The largest absolute Gasteiger partial charge is 0.314 e. The molecule has 0 aromatic carbocycles. The number of pyridine rings is 1. The number of aromatic nitrogens is 4. The molecular formula is C13H19N5. The molecule has 0 saturated heterocycles. The summed E-state index contributed by atoms with van der Waals surface area (Å²) in [6, 6.07) is 4.45. The molecule has 0 aliphatic rings. The van der Waals surface area contributed by atoms with Gasteiger partial charge >= 0.3 is 0 Å². The molecule has 0 saturated carbocycles. The quantitative estimate of drug-likeness (QED) is 0.824. The highest BCUT2D eigenvalue weighted by Gasteiger charge is 2.11. The minimum absolute atomic E-state index is 0.371. The molecule has 0 bridgehead atoms. The molecule has 0 radical (unpaired) electrons. The fourth-order valence-corrected chi connectivity index (χ4v) is 2.05. The summed E-state index contributed by atoms with van der Waals surface area (Å²) in [6.45, 7) is 3.07. The number of rotatable bonds is 6. The summed E-state index contributed by atoms with van der Waals surface area (Å²) in [5.41, 5.74) is 2.26. The van der Waals surface area contributed by atoms with Crippen LogP contribution >= 0.6 is 0 Å². The Morgan fingerprint density at radius 3 is 2.89 bits per heavy atom. The molecular weight excluding hydrogens is 226 g/mol. The van der Waals surface area contributed by atoms with Crippen LogP contribution < -0.4 is 5.32 Å². The van der Waals surface area contributed by atoms with E-state index >= 15 is 0 Å². The molecule has 1 unspecified atom stereocenters. The van der Waals surface area contributed by atoms with Crippen LogP contribution in [0.5, 0.6) is 0 Å². The van der Waals surface area contributed by atoms with E-state index in [1.165, 1.54) is 5.56 Å². The minimum atomic E-state index is 0.371. The average Bonchev–Trinajstić information content (AvgIpc) is 2.76. The van der Waals surface area contributed by atoms with E-state index in [1.54, 1.807) is 10.9 Å². The summed E-state index contributed by atoms with van der Waals surface area (Å²) in [6.07, 6.45) is 7.53. The first-order valence-electron chi connectivity index (χ1n) is 6.25. The van der Waals surface area contributed by atoms with Crippen molar-refractivity contribution in [2.24, 2.45) is 7.05 Å². The van der Waals surface area contributed by atoms with E-state index in [4.69, 9.17) is 0 Å². The number of aryl methyl sites for hydroxylation is 1. The van der Waals surface area contributed by atoms with Gasteiger partial charge in [-0.05, 0) is 24.6 Å². The van der Waals surface area contributed by atoms with Gasteiger partial charge in [0.2, 0.25) is 0 Å². The highest BCUT2D eigenvalue weighted by molar-refractivity contribution is 5.11. The zero-order valence-electron chi connectivity index (χ0n) is 10.9. The molecule has 0 spiro atoms.